The van der Waals surface area contributed by atoms with Crippen molar-refractivity contribution in [2.45, 2.75) is 13.8 Å². The molecule has 0 unspecified atom stereocenters. The Hall–Kier alpha value is -1.88. The second kappa shape index (κ2) is 7.22. The quantitative estimate of drug-likeness (QED) is 0.770. The van der Waals surface area contributed by atoms with Crippen LogP contribution in [-0.4, -0.2) is 60.8 Å². The minimum Gasteiger partial charge on any atom is -0.484 e. The standard InChI is InChI=1S/C16H22N2O3/c1-3-17-7-9-18(10-8-17)16(20)12-21-15-6-4-5-14(11-15)13(2)19/h4-6,11H,3,7-10,12H2,1-2H3. The van der Waals surface area contributed by atoms with Gasteiger partial charge in [0.25, 0.3) is 5.91 Å². The molecule has 5 nitrogen and oxygen atoms in total. The Kier molecular flexibility index (Phi) is 5.33. The average Bonchev–Trinajstić information content (AvgIpc) is 2.53. The maximum atomic E-state index is 12.1. The largest absolute Gasteiger partial charge is 0.484 e. The number of benzene rings is 1. The number of rotatable bonds is 5. The molecule has 0 saturated carbocycles. The van der Waals surface area contributed by atoms with E-state index in [-0.39, 0.29) is 18.3 Å². The molecule has 5 heteroatoms. The summed E-state index contributed by atoms with van der Waals surface area (Å²) in [5.41, 5.74) is 0.594. The van der Waals surface area contributed by atoms with E-state index >= 15 is 0 Å². The van der Waals surface area contributed by atoms with Crippen LogP contribution in [0.3, 0.4) is 0 Å². The molecule has 0 bridgehead atoms. The van der Waals surface area contributed by atoms with Gasteiger partial charge in [-0.2, -0.15) is 0 Å². The Balaban J connectivity index is 1.84. The molecule has 21 heavy (non-hydrogen) atoms. The van der Waals surface area contributed by atoms with Gasteiger partial charge in [-0.3, -0.25) is 9.59 Å². The van der Waals surface area contributed by atoms with Crippen molar-refractivity contribution in [3.8, 4) is 5.75 Å². The van der Waals surface area contributed by atoms with Crippen LogP contribution in [0.4, 0.5) is 0 Å². The molecule has 0 N–H and O–H groups in total. The van der Waals surface area contributed by atoms with Crippen molar-refractivity contribution in [3.05, 3.63) is 29.8 Å². The van der Waals surface area contributed by atoms with Gasteiger partial charge < -0.3 is 14.5 Å². The predicted octanol–water partition coefficient (Wildman–Crippen LogP) is 1.43. The molecule has 1 aliphatic heterocycles. The number of piperazine rings is 1. The monoisotopic (exact) mass is 290 g/mol. The van der Waals surface area contributed by atoms with E-state index in [1.54, 1.807) is 24.3 Å². The first kappa shape index (κ1) is 15.5. The van der Waals surface area contributed by atoms with Crippen molar-refractivity contribution in [1.82, 2.24) is 9.80 Å². The molecule has 1 saturated heterocycles. The highest BCUT2D eigenvalue weighted by Gasteiger charge is 2.20. The van der Waals surface area contributed by atoms with Crippen LogP contribution in [-0.2, 0) is 4.79 Å². The van der Waals surface area contributed by atoms with Crippen molar-refractivity contribution in [3.63, 3.8) is 0 Å². The summed E-state index contributed by atoms with van der Waals surface area (Å²) in [7, 11) is 0. The van der Waals surface area contributed by atoms with Gasteiger partial charge >= 0.3 is 0 Å². The van der Waals surface area contributed by atoms with Gasteiger partial charge in [0.05, 0.1) is 0 Å². The van der Waals surface area contributed by atoms with Crippen LogP contribution in [0.15, 0.2) is 24.3 Å². The first-order valence-electron chi connectivity index (χ1n) is 7.34. The van der Waals surface area contributed by atoms with Gasteiger partial charge in [-0.25, -0.2) is 0 Å². The van der Waals surface area contributed by atoms with Gasteiger partial charge in [0.2, 0.25) is 0 Å². The van der Waals surface area contributed by atoms with Crippen LogP contribution in [0, 0.1) is 0 Å². The third-order valence-corrected chi connectivity index (χ3v) is 3.78. The number of Topliss-reactive ketones (excluding diaryl/α,β-unsaturated/α-hetero) is 1. The Morgan fingerprint density at radius 3 is 2.52 bits per heavy atom. The summed E-state index contributed by atoms with van der Waals surface area (Å²) < 4.78 is 5.51. The van der Waals surface area contributed by atoms with E-state index in [2.05, 4.69) is 11.8 Å². The fraction of sp³-hybridized carbons (Fsp3) is 0.500. The summed E-state index contributed by atoms with van der Waals surface area (Å²) in [6.45, 7) is 8.03. The number of ether oxygens (including phenoxy) is 1. The number of carbonyl (C=O) groups excluding carboxylic acids is 2. The Morgan fingerprint density at radius 1 is 1.19 bits per heavy atom. The van der Waals surface area contributed by atoms with E-state index in [9.17, 15) is 9.59 Å². The van der Waals surface area contributed by atoms with Crippen LogP contribution in [0.25, 0.3) is 0 Å². The average molecular weight is 290 g/mol. The van der Waals surface area contributed by atoms with E-state index in [0.717, 1.165) is 32.7 Å². The SMILES string of the molecule is CCN1CCN(C(=O)COc2cccc(C(C)=O)c2)CC1. The minimum absolute atomic E-state index is 0.000943. The molecular formula is C16H22N2O3. The highest BCUT2D eigenvalue weighted by molar-refractivity contribution is 5.94. The summed E-state index contributed by atoms with van der Waals surface area (Å²) in [4.78, 5) is 27.6. The van der Waals surface area contributed by atoms with E-state index in [4.69, 9.17) is 4.74 Å². The molecule has 2 rings (SSSR count). The molecule has 0 aliphatic carbocycles. The van der Waals surface area contributed by atoms with Crippen LogP contribution in [0.2, 0.25) is 0 Å². The lowest BCUT2D eigenvalue weighted by Gasteiger charge is -2.33. The summed E-state index contributed by atoms with van der Waals surface area (Å²) in [6.07, 6.45) is 0. The first-order valence-corrected chi connectivity index (χ1v) is 7.34. The molecule has 1 fully saturated rings. The summed E-state index contributed by atoms with van der Waals surface area (Å²) in [5.74, 6) is 0.546. The van der Waals surface area contributed by atoms with E-state index < -0.39 is 0 Å². The van der Waals surface area contributed by atoms with Crippen molar-refractivity contribution in [1.29, 1.82) is 0 Å². The fourth-order valence-electron chi connectivity index (χ4n) is 2.35. The number of ketones is 1. The molecule has 114 valence electrons. The molecule has 1 aliphatic rings. The predicted molar refractivity (Wildman–Crippen MR) is 80.6 cm³/mol. The van der Waals surface area contributed by atoms with Crippen LogP contribution >= 0.6 is 0 Å². The fourth-order valence-corrected chi connectivity index (χ4v) is 2.35. The molecule has 0 spiro atoms. The lowest BCUT2D eigenvalue weighted by Crippen LogP contribution is -2.49. The van der Waals surface area contributed by atoms with Crippen LogP contribution in [0.1, 0.15) is 24.2 Å². The summed E-state index contributed by atoms with van der Waals surface area (Å²) in [5, 5.41) is 0. The second-order valence-corrected chi connectivity index (χ2v) is 5.19. The van der Waals surface area contributed by atoms with Gasteiger partial charge in [0, 0.05) is 31.7 Å². The third kappa shape index (κ3) is 4.29. The number of hydrogen-bond donors (Lipinski definition) is 0. The van der Waals surface area contributed by atoms with Crippen molar-refractivity contribution < 1.29 is 14.3 Å². The Bertz CT molecular complexity index is 508. The lowest BCUT2D eigenvalue weighted by atomic mass is 10.1. The highest BCUT2D eigenvalue weighted by Crippen LogP contribution is 2.14. The first-order chi connectivity index (χ1) is 10.1. The number of hydrogen-bond acceptors (Lipinski definition) is 4. The van der Waals surface area contributed by atoms with Crippen LogP contribution in [0.5, 0.6) is 5.75 Å². The zero-order valence-corrected chi connectivity index (χ0v) is 12.7. The molecule has 1 aromatic rings. The molecule has 1 amide bonds. The van der Waals surface area contributed by atoms with Crippen molar-refractivity contribution >= 4 is 11.7 Å². The normalized spacial score (nSPS) is 15.8. The maximum absolute atomic E-state index is 12.1. The van der Waals surface area contributed by atoms with E-state index in [0.29, 0.717) is 11.3 Å². The summed E-state index contributed by atoms with van der Waals surface area (Å²) >= 11 is 0. The van der Waals surface area contributed by atoms with Gasteiger partial charge in [-0.1, -0.05) is 19.1 Å². The smallest absolute Gasteiger partial charge is 0.260 e. The topological polar surface area (TPSA) is 49.9 Å². The third-order valence-electron chi connectivity index (χ3n) is 3.78. The second-order valence-electron chi connectivity index (χ2n) is 5.19. The van der Waals surface area contributed by atoms with Crippen LogP contribution < -0.4 is 4.74 Å². The number of carbonyl (C=O) groups is 2. The number of likely N-dealkylation sites (N-methyl/N-ethyl adjacent to an activating group) is 1. The van der Waals surface area contributed by atoms with Crippen molar-refractivity contribution in [2.75, 3.05) is 39.3 Å². The van der Waals surface area contributed by atoms with Gasteiger partial charge in [-0.05, 0) is 25.6 Å². The number of nitrogens with zero attached hydrogens (tertiary/aromatic N) is 2. The zero-order chi connectivity index (χ0) is 15.2. The Morgan fingerprint density at radius 2 is 1.90 bits per heavy atom. The van der Waals surface area contributed by atoms with Crippen molar-refractivity contribution in [2.24, 2.45) is 0 Å². The van der Waals surface area contributed by atoms with Gasteiger partial charge in [0.1, 0.15) is 5.75 Å². The Labute approximate surface area is 125 Å². The molecular weight excluding hydrogens is 268 g/mol. The van der Waals surface area contributed by atoms with Gasteiger partial charge in [-0.15, -0.1) is 0 Å². The lowest BCUT2D eigenvalue weighted by molar-refractivity contribution is -0.135. The summed E-state index contributed by atoms with van der Waals surface area (Å²) in [6, 6.07) is 6.93. The molecule has 0 radical (unpaired) electrons. The molecule has 1 heterocycles. The van der Waals surface area contributed by atoms with E-state index in [1.165, 1.54) is 6.92 Å². The number of amides is 1. The van der Waals surface area contributed by atoms with Gasteiger partial charge in [0.15, 0.2) is 12.4 Å². The minimum atomic E-state index is -0.0116. The highest BCUT2D eigenvalue weighted by atomic mass is 16.5. The molecule has 0 atom stereocenters. The molecule has 1 aromatic carbocycles. The molecule has 0 aromatic heterocycles. The maximum Gasteiger partial charge on any atom is 0.260 e. The zero-order valence-electron chi connectivity index (χ0n) is 12.7. The van der Waals surface area contributed by atoms with E-state index in [1.807, 2.05) is 4.90 Å².